The number of sulfonamides is 1. The predicted molar refractivity (Wildman–Crippen MR) is 141 cm³/mol. The summed E-state index contributed by atoms with van der Waals surface area (Å²) >= 11 is 9.54. The minimum atomic E-state index is -3.83. The molecule has 2 heterocycles. The van der Waals surface area contributed by atoms with Crippen molar-refractivity contribution in [2.45, 2.75) is 38.8 Å². The maximum absolute atomic E-state index is 13.9. The second kappa shape index (κ2) is 9.02. The second-order valence-electron chi connectivity index (χ2n) is 8.21. The summed E-state index contributed by atoms with van der Waals surface area (Å²) in [6.07, 6.45) is 0. The Bertz CT molecular complexity index is 1560. The van der Waals surface area contributed by atoms with Crippen molar-refractivity contribution >= 4 is 64.7 Å². The van der Waals surface area contributed by atoms with Crippen molar-refractivity contribution in [2.75, 3.05) is 0 Å². The Morgan fingerprint density at radius 3 is 1.88 bits per heavy atom. The van der Waals surface area contributed by atoms with Crippen LogP contribution in [0.1, 0.15) is 26.7 Å². The summed E-state index contributed by atoms with van der Waals surface area (Å²) in [7, 11) is -3.83. The highest BCUT2D eigenvalue weighted by Crippen LogP contribution is 2.30. The Balaban J connectivity index is 1.57. The quantitative estimate of drug-likeness (QED) is 0.241. The molecular weight excluding hydrogens is 506 g/mol. The van der Waals surface area contributed by atoms with Gasteiger partial charge in [-0.15, -0.1) is 22.7 Å². The molecule has 0 saturated carbocycles. The SMILES string of the molecule is Cc1nc2cc(CN(Cc3ccc4sc(C)nc4c3)S(=O)(=O)c3cccc(Cl)c3C)ccc2s1. The molecule has 0 radical (unpaired) electrons. The van der Waals surface area contributed by atoms with Gasteiger partial charge >= 0.3 is 0 Å². The summed E-state index contributed by atoms with van der Waals surface area (Å²) in [5, 5.41) is 2.40. The molecule has 0 atom stereocenters. The maximum atomic E-state index is 13.9. The van der Waals surface area contributed by atoms with E-state index in [0.29, 0.717) is 10.6 Å². The summed E-state index contributed by atoms with van der Waals surface area (Å²) in [5.41, 5.74) is 4.08. The molecule has 0 bridgehead atoms. The molecule has 0 amide bonds. The topological polar surface area (TPSA) is 63.2 Å². The number of thiazole rings is 2. The Hall–Kier alpha value is -2.36. The third-order valence-electron chi connectivity index (χ3n) is 5.67. The minimum Gasteiger partial charge on any atom is -0.242 e. The molecular formula is C25H22ClN3O2S3. The van der Waals surface area contributed by atoms with Crippen molar-refractivity contribution in [1.29, 1.82) is 0 Å². The number of aromatic nitrogens is 2. The Morgan fingerprint density at radius 1 is 0.824 bits per heavy atom. The second-order valence-corrected chi connectivity index (χ2v) is 13.0. The van der Waals surface area contributed by atoms with Crippen LogP contribution in [0, 0.1) is 20.8 Å². The number of rotatable bonds is 6. The van der Waals surface area contributed by atoms with E-state index in [1.807, 2.05) is 50.2 Å². The first kappa shape index (κ1) is 23.4. The highest BCUT2D eigenvalue weighted by atomic mass is 35.5. The van der Waals surface area contributed by atoms with Crippen LogP contribution in [0.2, 0.25) is 5.02 Å². The molecule has 2 aromatic heterocycles. The van der Waals surface area contributed by atoms with Crippen molar-refractivity contribution in [1.82, 2.24) is 14.3 Å². The molecule has 174 valence electrons. The van der Waals surface area contributed by atoms with E-state index in [4.69, 9.17) is 11.6 Å². The van der Waals surface area contributed by atoms with Crippen molar-refractivity contribution in [3.05, 3.63) is 86.3 Å². The fourth-order valence-electron chi connectivity index (χ4n) is 4.01. The smallest absolute Gasteiger partial charge is 0.242 e. The average Bonchev–Trinajstić information content (AvgIpc) is 3.34. The van der Waals surface area contributed by atoms with Gasteiger partial charge in [0.2, 0.25) is 10.0 Å². The Labute approximate surface area is 211 Å². The van der Waals surface area contributed by atoms with E-state index in [2.05, 4.69) is 9.97 Å². The number of hydrogen-bond donors (Lipinski definition) is 0. The summed E-state index contributed by atoms with van der Waals surface area (Å²) in [4.78, 5) is 9.37. The van der Waals surface area contributed by atoms with Crippen LogP contribution in [-0.4, -0.2) is 22.7 Å². The third kappa shape index (κ3) is 4.48. The summed E-state index contributed by atoms with van der Waals surface area (Å²) < 4.78 is 31.5. The molecule has 5 aromatic rings. The highest BCUT2D eigenvalue weighted by molar-refractivity contribution is 7.89. The monoisotopic (exact) mass is 527 g/mol. The molecule has 3 aromatic carbocycles. The van der Waals surface area contributed by atoms with E-state index < -0.39 is 10.0 Å². The lowest BCUT2D eigenvalue weighted by Gasteiger charge is -2.24. The molecule has 0 aliphatic rings. The van der Waals surface area contributed by atoms with E-state index in [1.165, 1.54) is 4.31 Å². The van der Waals surface area contributed by atoms with Crippen LogP contribution >= 0.6 is 34.3 Å². The van der Waals surface area contributed by atoms with E-state index in [-0.39, 0.29) is 18.0 Å². The molecule has 0 saturated heterocycles. The number of fused-ring (bicyclic) bond motifs is 2. The van der Waals surface area contributed by atoms with Crippen molar-refractivity contribution in [2.24, 2.45) is 0 Å². The summed E-state index contributed by atoms with van der Waals surface area (Å²) in [6.45, 7) is 6.12. The van der Waals surface area contributed by atoms with E-state index in [9.17, 15) is 8.42 Å². The van der Waals surface area contributed by atoms with Gasteiger partial charge in [-0.25, -0.2) is 18.4 Å². The van der Waals surface area contributed by atoms with Gasteiger partial charge in [-0.1, -0.05) is 29.8 Å². The van der Waals surface area contributed by atoms with Crippen LogP contribution in [0.25, 0.3) is 20.4 Å². The van der Waals surface area contributed by atoms with Crippen LogP contribution in [0.15, 0.2) is 59.5 Å². The lowest BCUT2D eigenvalue weighted by Crippen LogP contribution is -2.30. The van der Waals surface area contributed by atoms with Crippen LogP contribution in [0.3, 0.4) is 0 Å². The molecule has 34 heavy (non-hydrogen) atoms. The summed E-state index contributed by atoms with van der Waals surface area (Å²) in [5.74, 6) is 0. The van der Waals surface area contributed by atoms with Gasteiger partial charge in [0.15, 0.2) is 0 Å². The van der Waals surface area contributed by atoms with E-state index >= 15 is 0 Å². The number of hydrogen-bond acceptors (Lipinski definition) is 6. The number of benzene rings is 3. The van der Waals surface area contributed by atoms with Gasteiger partial charge in [-0.2, -0.15) is 4.31 Å². The van der Waals surface area contributed by atoms with Crippen molar-refractivity contribution < 1.29 is 8.42 Å². The van der Waals surface area contributed by atoms with Gasteiger partial charge in [-0.3, -0.25) is 0 Å². The maximum Gasteiger partial charge on any atom is 0.243 e. The molecule has 5 rings (SSSR count). The molecule has 0 spiro atoms. The third-order valence-corrected chi connectivity index (χ3v) is 9.92. The first-order valence-corrected chi connectivity index (χ1v) is 14.1. The number of nitrogens with zero attached hydrogens (tertiary/aromatic N) is 3. The van der Waals surface area contributed by atoms with E-state index in [1.54, 1.807) is 47.8 Å². The molecule has 0 aliphatic heterocycles. The van der Waals surface area contributed by atoms with E-state index in [0.717, 1.165) is 41.6 Å². The normalized spacial score (nSPS) is 12.3. The molecule has 0 aliphatic carbocycles. The predicted octanol–water partition coefficient (Wildman–Crippen LogP) is 6.88. The Morgan fingerprint density at radius 2 is 1.35 bits per heavy atom. The van der Waals surface area contributed by atoms with Crippen LogP contribution in [0.4, 0.5) is 0 Å². The first-order chi connectivity index (χ1) is 16.2. The molecule has 9 heteroatoms. The van der Waals surface area contributed by atoms with Gasteiger partial charge in [0.1, 0.15) is 0 Å². The van der Waals surface area contributed by atoms with Crippen molar-refractivity contribution in [3.8, 4) is 0 Å². The van der Waals surface area contributed by atoms with Gasteiger partial charge < -0.3 is 0 Å². The zero-order chi connectivity index (χ0) is 24.0. The van der Waals surface area contributed by atoms with Gasteiger partial charge in [-0.05, 0) is 73.9 Å². The van der Waals surface area contributed by atoms with Gasteiger partial charge in [0.05, 0.1) is 35.3 Å². The Kier molecular flexibility index (Phi) is 6.20. The standard InChI is InChI=1S/C25H22ClN3O2S3/c1-15-20(26)5-4-6-25(15)34(30,31)29(13-18-7-9-23-21(11-18)27-16(2)32-23)14-19-8-10-24-22(12-19)28-17(3)33-24/h4-12H,13-14H2,1-3H3. The fraction of sp³-hybridized carbons (Fsp3) is 0.200. The van der Waals surface area contributed by atoms with Crippen LogP contribution in [0.5, 0.6) is 0 Å². The van der Waals surface area contributed by atoms with Crippen molar-refractivity contribution in [3.63, 3.8) is 0 Å². The van der Waals surface area contributed by atoms with Crippen LogP contribution < -0.4 is 0 Å². The minimum absolute atomic E-state index is 0.217. The zero-order valence-electron chi connectivity index (χ0n) is 18.9. The lowest BCUT2D eigenvalue weighted by atomic mass is 10.2. The molecule has 0 fully saturated rings. The number of aryl methyl sites for hydroxylation is 2. The number of halogens is 1. The van der Waals surface area contributed by atoms with Crippen LogP contribution in [-0.2, 0) is 23.1 Å². The molecule has 5 nitrogen and oxygen atoms in total. The fourth-order valence-corrected chi connectivity index (χ4v) is 7.52. The molecule has 0 N–H and O–H groups in total. The average molecular weight is 528 g/mol. The summed E-state index contributed by atoms with van der Waals surface area (Å²) in [6, 6.07) is 16.9. The van der Waals surface area contributed by atoms with Gasteiger partial charge in [0.25, 0.3) is 0 Å². The van der Waals surface area contributed by atoms with Gasteiger partial charge in [0, 0.05) is 18.1 Å². The highest BCUT2D eigenvalue weighted by Gasteiger charge is 2.27. The first-order valence-electron chi connectivity index (χ1n) is 10.7. The molecule has 0 unspecified atom stereocenters. The largest absolute Gasteiger partial charge is 0.243 e. The zero-order valence-corrected chi connectivity index (χ0v) is 22.1. The lowest BCUT2D eigenvalue weighted by molar-refractivity contribution is 0.401.